The molecule has 0 radical (unpaired) electrons. The molecule has 12 heteroatoms. The van der Waals surface area contributed by atoms with Crippen molar-refractivity contribution in [3.05, 3.63) is 71.8 Å². The van der Waals surface area contributed by atoms with Crippen molar-refractivity contribution >= 4 is 44.5 Å². The molecule has 0 saturated heterocycles. The molecule has 2 amide bonds. The van der Waals surface area contributed by atoms with Crippen LogP contribution in [0.3, 0.4) is 0 Å². The van der Waals surface area contributed by atoms with Gasteiger partial charge >= 0.3 is 12.0 Å². The predicted molar refractivity (Wildman–Crippen MR) is 208 cm³/mol. The minimum Gasteiger partial charge on any atom is -0.476 e. The van der Waals surface area contributed by atoms with Crippen LogP contribution in [0.4, 0.5) is 15.6 Å². The Bertz CT molecular complexity index is 2180. The molecule has 276 valence electrons. The van der Waals surface area contributed by atoms with Gasteiger partial charge in [0.15, 0.2) is 16.5 Å². The Morgan fingerprint density at radius 2 is 1.92 bits per heavy atom. The number of nitrogens with zero attached hydrogens (tertiary/aromatic N) is 6. The van der Waals surface area contributed by atoms with Gasteiger partial charge in [-0.3, -0.25) is 14.9 Å². The average molecular weight is 734 g/mol. The van der Waals surface area contributed by atoms with Crippen molar-refractivity contribution in [2.24, 2.45) is 10.8 Å². The van der Waals surface area contributed by atoms with Crippen LogP contribution < -0.4 is 10.2 Å². The number of aromatic nitrogens is 5. The summed E-state index contributed by atoms with van der Waals surface area (Å²) < 4.78 is 9.29. The van der Waals surface area contributed by atoms with Crippen LogP contribution in [0, 0.1) is 17.8 Å². The first-order valence-electron chi connectivity index (χ1n) is 18.8. The fourth-order valence-corrected chi connectivity index (χ4v) is 10.8. The van der Waals surface area contributed by atoms with Gasteiger partial charge < -0.3 is 9.84 Å². The van der Waals surface area contributed by atoms with E-state index in [1.54, 1.807) is 17.3 Å². The van der Waals surface area contributed by atoms with E-state index in [1.807, 2.05) is 56.5 Å². The number of anilines is 2. The Balaban J connectivity index is 1.07. The third kappa shape index (κ3) is 6.60. The van der Waals surface area contributed by atoms with E-state index in [-0.39, 0.29) is 28.2 Å². The summed E-state index contributed by atoms with van der Waals surface area (Å²) in [4.78, 5) is 41.6. The minimum absolute atomic E-state index is 0.0248. The second-order valence-corrected chi connectivity index (χ2v) is 16.9. The van der Waals surface area contributed by atoms with Crippen molar-refractivity contribution in [2.75, 3.05) is 23.9 Å². The molecule has 8 rings (SSSR count). The second kappa shape index (κ2) is 13.6. The lowest BCUT2D eigenvalue weighted by atomic mass is 9.51. The van der Waals surface area contributed by atoms with Crippen LogP contribution in [0.15, 0.2) is 54.9 Å². The summed E-state index contributed by atoms with van der Waals surface area (Å²) in [5.74, 6) is -1.10. The topological polar surface area (TPSA) is 135 Å². The van der Waals surface area contributed by atoms with Crippen molar-refractivity contribution in [1.82, 2.24) is 24.7 Å². The summed E-state index contributed by atoms with van der Waals surface area (Å²) in [6, 6.07) is 13.1. The summed E-state index contributed by atoms with van der Waals surface area (Å²) >= 11 is 1.38. The van der Waals surface area contributed by atoms with Crippen LogP contribution >= 0.6 is 11.3 Å². The Labute approximate surface area is 313 Å². The van der Waals surface area contributed by atoms with E-state index in [4.69, 9.17) is 14.8 Å². The lowest BCUT2D eigenvalue weighted by molar-refractivity contribution is -0.157. The van der Waals surface area contributed by atoms with Gasteiger partial charge in [0.05, 0.1) is 22.2 Å². The van der Waals surface area contributed by atoms with E-state index in [1.165, 1.54) is 24.2 Å². The molecule has 2 fully saturated rings. The molecule has 2 aliphatic carbocycles. The van der Waals surface area contributed by atoms with Crippen LogP contribution in [0.2, 0.25) is 0 Å². The van der Waals surface area contributed by atoms with Crippen molar-refractivity contribution in [3.63, 3.8) is 0 Å². The second-order valence-electron chi connectivity index (χ2n) is 15.9. The number of carbonyl (C=O) groups is 2. The van der Waals surface area contributed by atoms with Gasteiger partial charge in [0.2, 0.25) is 0 Å². The number of pyridine rings is 2. The van der Waals surface area contributed by atoms with E-state index in [2.05, 4.69) is 33.8 Å². The summed E-state index contributed by atoms with van der Waals surface area (Å²) in [5.41, 5.74) is 6.11. The maximum Gasteiger partial charge on any atom is 0.355 e. The smallest absolute Gasteiger partial charge is 0.355 e. The molecular weight excluding hydrogens is 687 g/mol. The molecule has 3 unspecified atom stereocenters. The molecule has 53 heavy (non-hydrogen) atoms. The fourth-order valence-electron chi connectivity index (χ4n) is 10.0. The Kier molecular flexibility index (Phi) is 9.09. The maximum atomic E-state index is 13.6. The molecule has 1 aromatic carbocycles. The highest BCUT2D eigenvalue weighted by atomic mass is 32.1. The van der Waals surface area contributed by atoms with Gasteiger partial charge in [0, 0.05) is 54.5 Å². The third-order valence-corrected chi connectivity index (χ3v) is 12.9. The van der Waals surface area contributed by atoms with E-state index in [9.17, 15) is 14.7 Å². The lowest BCUT2D eigenvalue weighted by Crippen LogP contribution is -2.54. The van der Waals surface area contributed by atoms with E-state index in [0.717, 1.165) is 90.7 Å². The Morgan fingerprint density at radius 1 is 1.06 bits per heavy atom. The standard InChI is InChI=1S/C41H47N7O4S/c1-5-15-40(22-39(3)16-8-17-41(23-39,24-40)52-4)25-48-26(2)30(21-43-48)29-13-14-31(44-34(29)36(49)50)28-12-11-27-9-7-19-47(32(27)20-28)38(51)46-37-45-35-33(53-37)10-6-18-42-35/h6,10-14,18,20-21H,5,7-9,15-17,19,22-25H2,1-4H3,(H,49,50)(H,42,45,46,51). The number of aromatic carboxylic acids is 1. The highest BCUT2D eigenvalue weighted by molar-refractivity contribution is 7.22. The SMILES string of the molecule is CCCC1(Cn2ncc(-c3ccc(-c4ccc5c(c4)N(C(=O)Nc4nc6ncccc6s4)CCC5)nc3C(=O)O)c2C)CC2(C)CCCC(OC)(C2)C1. The number of fused-ring (bicyclic) bond motifs is 4. The summed E-state index contributed by atoms with van der Waals surface area (Å²) in [6.45, 7) is 8.06. The molecule has 5 heterocycles. The zero-order valence-corrected chi connectivity index (χ0v) is 31.8. The maximum absolute atomic E-state index is 13.6. The number of carbonyl (C=O) groups excluding carboxylic acids is 1. The summed E-state index contributed by atoms with van der Waals surface area (Å²) in [6.07, 6.45) is 14.1. The molecule has 3 atom stereocenters. The number of urea groups is 1. The molecule has 5 aromatic rings. The van der Waals surface area contributed by atoms with Crippen LogP contribution in [0.5, 0.6) is 0 Å². The fraction of sp³-hybridized carbons (Fsp3) is 0.463. The van der Waals surface area contributed by atoms with Crippen molar-refractivity contribution in [1.29, 1.82) is 0 Å². The first kappa shape index (κ1) is 35.4. The molecule has 2 saturated carbocycles. The number of amides is 2. The zero-order chi connectivity index (χ0) is 37.0. The van der Waals surface area contributed by atoms with Crippen molar-refractivity contribution in [3.8, 4) is 22.4 Å². The number of ether oxygens (including phenoxy) is 1. The molecule has 4 aromatic heterocycles. The first-order valence-corrected chi connectivity index (χ1v) is 19.6. The van der Waals surface area contributed by atoms with E-state index < -0.39 is 5.97 Å². The van der Waals surface area contributed by atoms with Gasteiger partial charge in [0.25, 0.3) is 0 Å². The van der Waals surface area contributed by atoms with Crippen molar-refractivity contribution in [2.45, 2.75) is 97.1 Å². The Hall–Kier alpha value is -4.68. The number of benzene rings is 1. The van der Waals surface area contributed by atoms with Crippen LogP contribution in [-0.4, -0.2) is 61.1 Å². The lowest BCUT2D eigenvalue weighted by Gasteiger charge is -2.58. The molecule has 11 nitrogen and oxygen atoms in total. The van der Waals surface area contributed by atoms with Gasteiger partial charge in [-0.25, -0.2) is 19.6 Å². The average Bonchev–Trinajstić information content (AvgIpc) is 3.72. The first-order chi connectivity index (χ1) is 25.5. The van der Waals surface area contributed by atoms with E-state index >= 15 is 0 Å². The predicted octanol–water partition coefficient (Wildman–Crippen LogP) is 9.15. The molecule has 0 spiro atoms. The monoisotopic (exact) mass is 733 g/mol. The number of nitrogens with one attached hydrogen (secondary N) is 1. The number of hydrogen-bond acceptors (Lipinski definition) is 8. The number of carboxylic acids is 1. The molecule has 1 aliphatic heterocycles. The highest BCUT2D eigenvalue weighted by Crippen LogP contribution is 2.60. The molecule has 2 bridgehead atoms. The van der Waals surface area contributed by atoms with Crippen LogP contribution in [0.1, 0.15) is 93.4 Å². The zero-order valence-electron chi connectivity index (χ0n) is 30.9. The largest absolute Gasteiger partial charge is 0.476 e. The molecule has 3 aliphatic rings. The van der Waals surface area contributed by atoms with Crippen LogP contribution in [-0.2, 0) is 17.7 Å². The number of aryl methyl sites for hydroxylation is 1. The third-order valence-electron chi connectivity index (χ3n) is 12.0. The normalized spacial score (nSPS) is 23.9. The van der Waals surface area contributed by atoms with Crippen molar-refractivity contribution < 1.29 is 19.4 Å². The number of carboxylic acid groups (broad SMARTS) is 1. The number of thiazole rings is 1. The molecule has 2 N–H and O–H groups in total. The minimum atomic E-state index is -1.10. The number of methoxy groups -OCH3 is 1. The number of hydrogen-bond donors (Lipinski definition) is 2. The molecular formula is C41H47N7O4S. The van der Waals surface area contributed by atoms with Gasteiger partial charge in [-0.05, 0) is 105 Å². The number of rotatable bonds is 9. The Morgan fingerprint density at radius 3 is 2.72 bits per heavy atom. The summed E-state index contributed by atoms with van der Waals surface area (Å²) in [5, 5.41) is 18.8. The van der Waals surface area contributed by atoms with Gasteiger partial charge in [-0.1, -0.05) is 50.2 Å². The van der Waals surface area contributed by atoms with Gasteiger partial charge in [-0.15, -0.1) is 0 Å². The summed E-state index contributed by atoms with van der Waals surface area (Å²) in [7, 11) is 1.88. The highest BCUT2D eigenvalue weighted by Gasteiger charge is 2.55. The van der Waals surface area contributed by atoms with Gasteiger partial charge in [0.1, 0.15) is 0 Å². The van der Waals surface area contributed by atoms with Gasteiger partial charge in [-0.2, -0.15) is 10.1 Å². The van der Waals surface area contributed by atoms with Crippen LogP contribution in [0.25, 0.3) is 32.7 Å². The van der Waals surface area contributed by atoms with E-state index in [0.29, 0.717) is 28.6 Å². The quantitative estimate of drug-likeness (QED) is 0.153.